The van der Waals surface area contributed by atoms with Crippen molar-refractivity contribution in [1.29, 1.82) is 0 Å². The molecule has 0 unspecified atom stereocenters. The summed E-state index contributed by atoms with van der Waals surface area (Å²) in [6.45, 7) is 0. The lowest BCUT2D eigenvalue weighted by molar-refractivity contribution is -0.141. The van der Waals surface area contributed by atoms with E-state index < -0.39 is 11.9 Å². The fourth-order valence-corrected chi connectivity index (χ4v) is 1.95. The highest BCUT2D eigenvalue weighted by atomic mass is 35.5. The first-order chi connectivity index (χ1) is 9.29. The molecule has 20 heavy (non-hydrogen) atoms. The molecule has 0 fully saturated rings. The van der Waals surface area contributed by atoms with Crippen LogP contribution >= 0.6 is 23.8 Å². The van der Waals surface area contributed by atoms with E-state index in [1.54, 1.807) is 12.1 Å². The average molecular weight is 321 g/mol. The molecule has 1 aromatic heterocycles. The number of para-hydroxylation sites is 1. The molecule has 0 aliphatic heterocycles. The van der Waals surface area contributed by atoms with Crippen molar-refractivity contribution < 1.29 is 13.2 Å². The Morgan fingerprint density at radius 1 is 1.35 bits per heavy atom. The highest BCUT2D eigenvalue weighted by Crippen LogP contribution is 2.31. The Bertz CT molecular complexity index is 653. The summed E-state index contributed by atoms with van der Waals surface area (Å²) >= 11 is 10.7. The van der Waals surface area contributed by atoms with Crippen LogP contribution in [0.1, 0.15) is 5.69 Å². The SMILES string of the molecule is NC(=S)Nc1cccc(Cl)c1-n1ccc(C(F)(F)F)n1. The third-order valence-corrected chi connectivity index (χ3v) is 2.76. The van der Waals surface area contributed by atoms with Crippen molar-refractivity contribution in [1.82, 2.24) is 9.78 Å². The van der Waals surface area contributed by atoms with Gasteiger partial charge in [0.25, 0.3) is 0 Å². The summed E-state index contributed by atoms with van der Waals surface area (Å²) in [5.74, 6) is 0. The molecule has 1 aromatic carbocycles. The number of hydrogen-bond acceptors (Lipinski definition) is 2. The van der Waals surface area contributed by atoms with Crippen LogP contribution in [-0.4, -0.2) is 14.9 Å². The van der Waals surface area contributed by atoms with Gasteiger partial charge in [0.15, 0.2) is 10.8 Å². The highest BCUT2D eigenvalue weighted by Gasteiger charge is 2.33. The molecule has 2 aromatic rings. The quantitative estimate of drug-likeness (QED) is 0.834. The summed E-state index contributed by atoms with van der Waals surface area (Å²) in [7, 11) is 0. The highest BCUT2D eigenvalue weighted by molar-refractivity contribution is 7.80. The second-order valence-corrected chi connectivity index (χ2v) is 4.62. The lowest BCUT2D eigenvalue weighted by Gasteiger charge is -2.12. The van der Waals surface area contributed by atoms with E-state index >= 15 is 0 Å². The Kier molecular flexibility index (Phi) is 3.87. The molecule has 9 heteroatoms. The maximum Gasteiger partial charge on any atom is 0.435 e. The Labute approximate surface area is 122 Å². The predicted molar refractivity (Wildman–Crippen MR) is 74.0 cm³/mol. The van der Waals surface area contributed by atoms with Crippen molar-refractivity contribution in [2.45, 2.75) is 6.18 Å². The molecule has 106 valence electrons. The summed E-state index contributed by atoms with van der Waals surface area (Å²) in [5, 5.41) is 6.29. The molecule has 3 N–H and O–H groups in total. The van der Waals surface area contributed by atoms with Crippen molar-refractivity contribution >= 4 is 34.6 Å². The summed E-state index contributed by atoms with van der Waals surface area (Å²) < 4.78 is 38.7. The number of aromatic nitrogens is 2. The topological polar surface area (TPSA) is 55.9 Å². The molecule has 2 rings (SSSR count). The first-order valence-corrected chi connectivity index (χ1v) is 6.06. The molecule has 4 nitrogen and oxygen atoms in total. The second kappa shape index (κ2) is 5.29. The summed E-state index contributed by atoms with van der Waals surface area (Å²) in [5.41, 5.74) is 4.95. The number of nitrogens with zero attached hydrogens (tertiary/aromatic N) is 2. The van der Waals surface area contributed by atoms with Gasteiger partial charge in [0, 0.05) is 6.20 Å². The Hall–Kier alpha value is -1.80. The fourth-order valence-electron chi connectivity index (χ4n) is 1.58. The van der Waals surface area contributed by atoms with Gasteiger partial charge in [0.2, 0.25) is 0 Å². The molecule has 0 saturated carbocycles. The average Bonchev–Trinajstić information content (AvgIpc) is 2.77. The van der Waals surface area contributed by atoms with Crippen LogP contribution in [0.2, 0.25) is 5.02 Å². The maximum absolute atomic E-state index is 12.6. The third-order valence-electron chi connectivity index (χ3n) is 2.35. The maximum atomic E-state index is 12.6. The van der Waals surface area contributed by atoms with Crippen LogP contribution in [0.5, 0.6) is 0 Å². The van der Waals surface area contributed by atoms with Gasteiger partial charge in [-0.2, -0.15) is 18.3 Å². The molecular weight excluding hydrogens is 313 g/mol. The van der Waals surface area contributed by atoms with Crippen molar-refractivity contribution in [2.75, 3.05) is 5.32 Å². The molecular formula is C11H8ClF3N4S. The summed E-state index contributed by atoms with van der Waals surface area (Å²) in [6.07, 6.45) is -3.36. The van der Waals surface area contributed by atoms with Gasteiger partial charge in [0.05, 0.1) is 10.7 Å². The largest absolute Gasteiger partial charge is 0.435 e. The van der Waals surface area contributed by atoms with Crippen LogP contribution in [0.4, 0.5) is 18.9 Å². The molecule has 0 spiro atoms. The van der Waals surface area contributed by atoms with E-state index in [1.807, 2.05) is 0 Å². The van der Waals surface area contributed by atoms with Crippen molar-refractivity contribution in [3.63, 3.8) is 0 Å². The van der Waals surface area contributed by atoms with E-state index in [9.17, 15) is 13.2 Å². The first kappa shape index (κ1) is 14.6. The predicted octanol–water partition coefficient (Wildman–Crippen LogP) is 3.20. The first-order valence-electron chi connectivity index (χ1n) is 5.27. The van der Waals surface area contributed by atoms with E-state index in [-0.39, 0.29) is 15.8 Å². The number of thiocarbonyl (C=S) groups is 1. The molecule has 0 atom stereocenters. The number of alkyl halides is 3. The minimum Gasteiger partial charge on any atom is -0.376 e. The van der Waals surface area contributed by atoms with E-state index in [4.69, 9.17) is 29.6 Å². The van der Waals surface area contributed by atoms with Gasteiger partial charge >= 0.3 is 6.18 Å². The van der Waals surface area contributed by atoms with Crippen LogP contribution in [-0.2, 0) is 6.18 Å². The number of nitrogens with two attached hydrogens (primary N) is 1. The van der Waals surface area contributed by atoms with Crippen molar-refractivity contribution in [3.05, 3.63) is 41.2 Å². The number of hydrogen-bond donors (Lipinski definition) is 2. The van der Waals surface area contributed by atoms with Crippen LogP contribution in [0.15, 0.2) is 30.5 Å². The zero-order valence-electron chi connectivity index (χ0n) is 9.78. The second-order valence-electron chi connectivity index (χ2n) is 3.77. The zero-order chi connectivity index (χ0) is 14.9. The number of nitrogens with one attached hydrogen (secondary N) is 1. The van der Waals surface area contributed by atoms with Gasteiger partial charge in [0.1, 0.15) is 5.69 Å². The van der Waals surface area contributed by atoms with Crippen LogP contribution in [0, 0.1) is 0 Å². The fraction of sp³-hybridized carbons (Fsp3) is 0.0909. The smallest absolute Gasteiger partial charge is 0.376 e. The lowest BCUT2D eigenvalue weighted by atomic mass is 10.2. The van der Waals surface area contributed by atoms with E-state index in [2.05, 4.69) is 10.4 Å². The van der Waals surface area contributed by atoms with Gasteiger partial charge in [-0.15, -0.1) is 0 Å². The number of benzene rings is 1. The van der Waals surface area contributed by atoms with E-state index in [0.717, 1.165) is 16.9 Å². The molecule has 0 amide bonds. The van der Waals surface area contributed by atoms with Gasteiger partial charge in [-0.1, -0.05) is 17.7 Å². The van der Waals surface area contributed by atoms with Crippen LogP contribution in [0.3, 0.4) is 0 Å². The number of anilines is 1. The lowest BCUT2D eigenvalue weighted by Crippen LogP contribution is -2.20. The van der Waals surface area contributed by atoms with Crippen molar-refractivity contribution in [3.8, 4) is 5.69 Å². The molecule has 0 aliphatic carbocycles. The minimum absolute atomic E-state index is 0.0308. The molecule has 0 saturated heterocycles. The normalized spacial score (nSPS) is 11.4. The van der Waals surface area contributed by atoms with Gasteiger partial charge in [-0.05, 0) is 30.4 Å². The van der Waals surface area contributed by atoms with Crippen LogP contribution in [0.25, 0.3) is 5.69 Å². The monoisotopic (exact) mass is 320 g/mol. The Morgan fingerprint density at radius 2 is 2.05 bits per heavy atom. The van der Waals surface area contributed by atoms with Gasteiger partial charge < -0.3 is 11.1 Å². The molecule has 0 bridgehead atoms. The zero-order valence-corrected chi connectivity index (χ0v) is 11.4. The van der Waals surface area contributed by atoms with Gasteiger partial charge in [-0.25, -0.2) is 4.68 Å². The molecule has 1 heterocycles. The van der Waals surface area contributed by atoms with E-state index in [0.29, 0.717) is 5.69 Å². The Morgan fingerprint density at radius 3 is 2.60 bits per heavy atom. The Balaban J connectivity index is 2.51. The minimum atomic E-state index is -4.52. The molecule has 0 aliphatic rings. The summed E-state index contributed by atoms with van der Waals surface area (Å²) in [4.78, 5) is 0. The van der Waals surface area contributed by atoms with Crippen LogP contribution < -0.4 is 11.1 Å². The number of rotatable bonds is 2. The van der Waals surface area contributed by atoms with Crippen molar-refractivity contribution in [2.24, 2.45) is 5.73 Å². The summed E-state index contributed by atoms with van der Waals surface area (Å²) in [6, 6.07) is 5.57. The number of halogens is 4. The molecule has 0 radical (unpaired) electrons. The standard InChI is InChI=1S/C11H8ClF3N4S/c12-6-2-1-3-7(17-10(16)20)9(6)19-5-4-8(18-19)11(13,14)15/h1-5H,(H3,16,17,20). The third kappa shape index (κ3) is 3.02. The van der Waals surface area contributed by atoms with Gasteiger partial charge in [-0.3, -0.25) is 0 Å². The van der Waals surface area contributed by atoms with E-state index in [1.165, 1.54) is 6.07 Å².